The van der Waals surface area contributed by atoms with Gasteiger partial charge in [0.05, 0.1) is 5.56 Å². The molecule has 0 atom stereocenters. The van der Waals surface area contributed by atoms with Gasteiger partial charge in [-0.15, -0.1) is 0 Å². The van der Waals surface area contributed by atoms with Crippen LogP contribution in [0, 0.1) is 0 Å². The molecule has 2 aromatic rings. The molecule has 0 bridgehead atoms. The topological polar surface area (TPSA) is 53.4 Å². The van der Waals surface area contributed by atoms with Gasteiger partial charge in [0, 0.05) is 19.3 Å². The van der Waals surface area contributed by atoms with Gasteiger partial charge in [-0.1, -0.05) is 24.3 Å². The number of aromatic carboxylic acids is 1. The lowest BCUT2D eigenvalue weighted by Crippen LogP contribution is -2.23. The Morgan fingerprint density at radius 1 is 1.20 bits per heavy atom. The maximum atomic E-state index is 11.1. The smallest absolute Gasteiger partial charge is 0.335 e. The molecule has 0 unspecified atom stereocenters. The number of anilines is 1. The summed E-state index contributed by atoms with van der Waals surface area (Å²) in [5, 5.41) is 9.07. The number of carboxylic acids is 1. The van der Waals surface area contributed by atoms with E-state index in [1.807, 2.05) is 6.07 Å². The molecule has 2 heterocycles. The van der Waals surface area contributed by atoms with Crippen LogP contribution in [0.2, 0.25) is 0 Å². The minimum atomic E-state index is -0.913. The molecule has 102 valence electrons. The van der Waals surface area contributed by atoms with Crippen molar-refractivity contribution in [3.8, 4) is 0 Å². The predicted molar refractivity (Wildman–Crippen MR) is 77.0 cm³/mol. The first-order valence-electron chi connectivity index (χ1n) is 6.75. The van der Waals surface area contributed by atoms with E-state index >= 15 is 0 Å². The standard InChI is InChI=1S/C16H16N2O2/c19-16(20)13-7-8-17-15(10-13)18-9-3-6-12-4-1-2-5-14(12)11-18/h1-2,4-5,7-8,10H,3,6,9,11H2,(H,19,20). The zero-order valence-electron chi connectivity index (χ0n) is 11.1. The van der Waals surface area contributed by atoms with Gasteiger partial charge in [0.25, 0.3) is 0 Å². The van der Waals surface area contributed by atoms with E-state index in [0.717, 1.165) is 31.7 Å². The minimum Gasteiger partial charge on any atom is -0.478 e. The molecule has 0 saturated heterocycles. The highest BCUT2D eigenvalue weighted by atomic mass is 16.4. The van der Waals surface area contributed by atoms with E-state index in [0.29, 0.717) is 0 Å². The van der Waals surface area contributed by atoms with Crippen molar-refractivity contribution in [3.63, 3.8) is 0 Å². The van der Waals surface area contributed by atoms with Gasteiger partial charge in [-0.05, 0) is 36.1 Å². The average Bonchev–Trinajstić information content (AvgIpc) is 2.69. The summed E-state index contributed by atoms with van der Waals surface area (Å²) in [6, 6.07) is 11.6. The second-order valence-electron chi connectivity index (χ2n) is 5.00. The Labute approximate surface area is 117 Å². The van der Waals surface area contributed by atoms with Crippen LogP contribution in [0.4, 0.5) is 5.82 Å². The molecule has 4 nitrogen and oxygen atoms in total. The zero-order chi connectivity index (χ0) is 13.9. The number of aryl methyl sites for hydroxylation is 1. The highest BCUT2D eigenvalue weighted by molar-refractivity contribution is 5.88. The van der Waals surface area contributed by atoms with Crippen LogP contribution in [0.1, 0.15) is 27.9 Å². The van der Waals surface area contributed by atoms with Crippen molar-refractivity contribution in [3.05, 3.63) is 59.3 Å². The summed E-state index contributed by atoms with van der Waals surface area (Å²) in [4.78, 5) is 17.5. The number of aromatic nitrogens is 1. The van der Waals surface area contributed by atoms with Crippen LogP contribution in [0.25, 0.3) is 0 Å². The summed E-state index contributed by atoms with van der Waals surface area (Å²) in [5.74, 6) is -0.175. The highest BCUT2D eigenvalue weighted by Crippen LogP contribution is 2.22. The van der Waals surface area contributed by atoms with Crippen LogP contribution in [0.3, 0.4) is 0 Å². The summed E-state index contributed by atoms with van der Waals surface area (Å²) in [7, 11) is 0. The highest BCUT2D eigenvalue weighted by Gasteiger charge is 2.16. The number of hydrogen-bond acceptors (Lipinski definition) is 3. The molecule has 1 aliphatic heterocycles. The molecular formula is C16H16N2O2. The quantitative estimate of drug-likeness (QED) is 0.910. The molecule has 4 heteroatoms. The van der Waals surface area contributed by atoms with Crippen LogP contribution in [0.5, 0.6) is 0 Å². The lowest BCUT2D eigenvalue weighted by atomic mass is 10.0. The molecule has 0 saturated carbocycles. The van der Waals surface area contributed by atoms with Crippen LogP contribution in [-0.2, 0) is 13.0 Å². The molecule has 0 radical (unpaired) electrons. The van der Waals surface area contributed by atoms with Crippen LogP contribution in [-0.4, -0.2) is 22.6 Å². The summed E-state index contributed by atoms with van der Waals surface area (Å²) in [5.41, 5.74) is 2.96. The molecule has 20 heavy (non-hydrogen) atoms. The van der Waals surface area contributed by atoms with Crippen molar-refractivity contribution in [2.45, 2.75) is 19.4 Å². The van der Waals surface area contributed by atoms with E-state index in [9.17, 15) is 4.79 Å². The van der Waals surface area contributed by atoms with E-state index in [1.165, 1.54) is 17.2 Å². The number of fused-ring (bicyclic) bond motifs is 1. The van der Waals surface area contributed by atoms with Gasteiger partial charge in [0.1, 0.15) is 5.82 Å². The normalized spacial score (nSPS) is 14.5. The van der Waals surface area contributed by atoms with Crippen molar-refractivity contribution in [2.75, 3.05) is 11.4 Å². The Morgan fingerprint density at radius 2 is 2.00 bits per heavy atom. The van der Waals surface area contributed by atoms with Crippen molar-refractivity contribution in [2.24, 2.45) is 0 Å². The van der Waals surface area contributed by atoms with Gasteiger partial charge in [-0.25, -0.2) is 9.78 Å². The maximum Gasteiger partial charge on any atom is 0.335 e. The fourth-order valence-electron chi connectivity index (χ4n) is 2.62. The Morgan fingerprint density at radius 3 is 2.80 bits per heavy atom. The van der Waals surface area contributed by atoms with Gasteiger partial charge in [-0.3, -0.25) is 0 Å². The van der Waals surface area contributed by atoms with Crippen LogP contribution < -0.4 is 4.90 Å². The number of rotatable bonds is 2. The molecule has 1 aliphatic rings. The molecule has 1 aromatic heterocycles. The fraction of sp³-hybridized carbons (Fsp3) is 0.250. The third-order valence-corrected chi connectivity index (χ3v) is 3.67. The van der Waals surface area contributed by atoms with Crippen molar-refractivity contribution in [1.29, 1.82) is 0 Å². The second-order valence-corrected chi connectivity index (χ2v) is 5.00. The van der Waals surface area contributed by atoms with Crippen molar-refractivity contribution in [1.82, 2.24) is 4.98 Å². The number of carbonyl (C=O) groups is 1. The zero-order valence-corrected chi connectivity index (χ0v) is 11.1. The minimum absolute atomic E-state index is 0.285. The first-order valence-corrected chi connectivity index (χ1v) is 6.75. The summed E-state index contributed by atoms with van der Waals surface area (Å²) < 4.78 is 0. The first-order chi connectivity index (χ1) is 9.74. The third kappa shape index (κ3) is 2.50. The molecule has 0 aliphatic carbocycles. The summed E-state index contributed by atoms with van der Waals surface area (Å²) >= 11 is 0. The van der Waals surface area contributed by atoms with Gasteiger partial charge < -0.3 is 10.0 Å². The molecule has 0 spiro atoms. The van der Waals surface area contributed by atoms with Gasteiger partial charge in [0.15, 0.2) is 0 Å². The number of carboxylic acid groups (broad SMARTS) is 1. The molecule has 0 amide bonds. The number of benzene rings is 1. The van der Waals surface area contributed by atoms with Crippen molar-refractivity contribution < 1.29 is 9.90 Å². The van der Waals surface area contributed by atoms with Crippen molar-refractivity contribution >= 4 is 11.8 Å². The maximum absolute atomic E-state index is 11.1. The number of pyridine rings is 1. The molecular weight excluding hydrogens is 252 g/mol. The monoisotopic (exact) mass is 268 g/mol. The molecule has 1 N–H and O–H groups in total. The van der Waals surface area contributed by atoms with Gasteiger partial charge in [-0.2, -0.15) is 0 Å². The van der Waals surface area contributed by atoms with E-state index < -0.39 is 5.97 Å². The second kappa shape index (κ2) is 5.33. The predicted octanol–water partition coefficient (Wildman–Crippen LogP) is 2.73. The lowest BCUT2D eigenvalue weighted by molar-refractivity contribution is 0.0697. The summed E-state index contributed by atoms with van der Waals surface area (Å²) in [6.07, 6.45) is 3.68. The summed E-state index contributed by atoms with van der Waals surface area (Å²) in [6.45, 7) is 1.68. The largest absolute Gasteiger partial charge is 0.478 e. The van der Waals surface area contributed by atoms with Gasteiger partial charge >= 0.3 is 5.97 Å². The van der Waals surface area contributed by atoms with Crippen LogP contribution in [0.15, 0.2) is 42.6 Å². The van der Waals surface area contributed by atoms with E-state index in [1.54, 1.807) is 12.3 Å². The SMILES string of the molecule is O=C(O)c1ccnc(N2CCCc3ccccc3C2)c1. The number of hydrogen-bond donors (Lipinski definition) is 1. The molecule has 1 aromatic carbocycles. The molecule has 0 fully saturated rings. The molecule has 3 rings (SSSR count). The lowest BCUT2D eigenvalue weighted by Gasteiger charge is -2.22. The Hall–Kier alpha value is -2.36. The third-order valence-electron chi connectivity index (χ3n) is 3.67. The van der Waals surface area contributed by atoms with Gasteiger partial charge in [0.2, 0.25) is 0 Å². The fourth-order valence-corrected chi connectivity index (χ4v) is 2.62. The number of nitrogens with zero attached hydrogens (tertiary/aromatic N) is 2. The Balaban J connectivity index is 1.91. The Kier molecular flexibility index (Phi) is 3.37. The van der Waals surface area contributed by atoms with Crippen LogP contribution >= 0.6 is 0 Å². The first kappa shape index (κ1) is 12.7. The average molecular weight is 268 g/mol. The van der Waals surface area contributed by atoms with E-state index in [2.05, 4.69) is 28.1 Å². The Bertz CT molecular complexity index is 640. The van der Waals surface area contributed by atoms with E-state index in [-0.39, 0.29) is 5.56 Å². The van der Waals surface area contributed by atoms with E-state index in [4.69, 9.17) is 5.11 Å².